The van der Waals surface area contributed by atoms with Crippen LogP contribution in [0.4, 0.5) is 0 Å². The van der Waals surface area contributed by atoms with Gasteiger partial charge in [-0.1, -0.05) is 0 Å². The van der Waals surface area contributed by atoms with Crippen molar-refractivity contribution in [1.29, 1.82) is 0 Å². The zero-order valence-corrected chi connectivity index (χ0v) is 4.91. The van der Waals surface area contributed by atoms with Gasteiger partial charge in [0, 0.05) is 0 Å². The molecule has 1 heterocycles. The Kier molecular flexibility index (Phi) is 2.82. The van der Waals surface area contributed by atoms with Gasteiger partial charge in [0.25, 0.3) is 0 Å². The molecular formula is C2H3ClN2OS. The van der Waals surface area contributed by atoms with E-state index in [-0.39, 0.29) is 12.4 Å². The van der Waals surface area contributed by atoms with Crippen molar-refractivity contribution >= 4 is 23.4 Å². The predicted octanol–water partition coefficient (Wildman–Crippen LogP) is 0.626. The normalized spacial score (nSPS) is 10.1. The summed E-state index contributed by atoms with van der Waals surface area (Å²) in [6, 6.07) is 0. The van der Waals surface area contributed by atoms with Crippen LogP contribution in [0.1, 0.15) is 0 Å². The fraction of sp³-hybridized carbons (Fsp3) is 0. The van der Waals surface area contributed by atoms with Crippen LogP contribution < -0.4 is 0 Å². The molecule has 0 aliphatic rings. The Hall–Kier alpha value is -0.190. The zero-order valence-electron chi connectivity index (χ0n) is 3.27. The molecule has 5 heteroatoms. The van der Waals surface area contributed by atoms with Crippen LogP contribution in [0.25, 0.3) is 0 Å². The van der Waals surface area contributed by atoms with Gasteiger partial charge in [0.15, 0.2) is 5.38 Å². The largest absolute Gasteiger partial charge is 0.567 e. The van der Waals surface area contributed by atoms with Crippen LogP contribution in [-0.4, -0.2) is 14.1 Å². The van der Waals surface area contributed by atoms with Gasteiger partial charge < -0.3 is 4.55 Å². The zero-order chi connectivity index (χ0) is 4.41. The molecule has 0 amide bonds. The van der Waals surface area contributed by atoms with Crippen LogP contribution in [-0.2, 0) is 0 Å². The number of hydrogen-bond donors (Lipinski definition) is 0. The third kappa shape index (κ3) is 1.82. The number of hydrogen-bond acceptors (Lipinski definition) is 3. The van der Waals surface area contributed by atoms with Crippen LogP contribution in [0.5, 0.6) is 0 Å². The molecule has 40 valence electrons. The average molecular weight is 139 g/mol. The van der Waals surface area contributed by atoms with E-state index in [1.807, 2.05) is 0 Å². The van der Waals surface area contributed by atoms with Gasteiger partial charge in [-0.25, -0.2) is 0 Å². The molecule has 0 radical (unpaired) electrons. The lowest BCUT2D eigenvalue weighted by Gasteiger charge is -1.68. The Morgan fingerprint density at radius 1 is 1.57 bits per heavy atom. The maximum absolute atomic E-state index is 10.0. The molecule has 3 nitrogen and oxygen atoms in total. The molecular weight excluding hydrogens is 136 g/mol. The molecule has 1 aromatic heterocycles. The second-order valence-electron chi connectivity index (χ2n) is 0.758. The maximum Gasteiger partial charge on any atom is 0.184 e. The minimum Gasteiger partial charge on any atom is -0.567 e. The van der Waals surface area contributed by atoms with Crippen molar-refractivity contribution in [3.8, 4) is 0 Å². The number of halogens is 1. The van der Waals surface area contributed by atoms with Crippen molar-refractivity contribution in [3.05, 3.63) is 11.6 Å². The summed E-state index contributed by atoms with van der Waals surface area (Å²) in [5.41, 5.74) is 0. The minimum absolute atomic E-state index is 0. The topological polar surface area (TPSA) is 48.8 Å². The van der Waals surface area contributed by atoms with Crippen molar-refractivity contribution in [2.24, 2.45) is 0 Å². The van der Waals surface area contributed by atoms with Gasteiger partial charge in [0.2, 0.25) is 0 Å². The summed E-state index contributed by atoms with van der Waals surface area (Å²) in [5, 5.41) is 4.73. The smallest absolute Gasteiger partial charge is 0.184 e. The van der Waals surface area contributed by atoms with Crippen molar-refractivity contribution in [3.63, 3.8) is 0 Å². The highest BCUT2D eigenvalue weighted by atomic mass is 35.5. The van der Waals surface area contributed by atoms with E-state index < -0.39 is 10.9 Å². The minimum atomic E-state index is -1.15. The number of nitrogens with zero attached hydrogens (tertiary/aromatic N) is 2. The number of aromatic nitrogens is 2. The molecule has 0 saturated carbocycles. The first-order chi connectivity index (χ1) is 2.89. The third-order valence-electron chi connectivity index (χ3n) is 0.372. The molecule has 0 N–H and O–H groups in total. The Bertz CT molecular complexity index is 119. The van der Waals surface area contributed by atoms with Gasteiger partial charge in [-0.3, -0.25) is 0 Å². The van der Waals surface area contributed by atoms with Crippen LogP contribution >= 0.6 is 23.4 Å². The third-order valence-corrected chi connectivity index (χ3v) is 0.981. The van der Waals surface area contributed by atoms with Crippen LogP contribution in [0.15, 0.2) is 11.6 Å². The van der Waals surface area contributed by atoms with Crippen molar-refractivity contribution < 1.29 is 4.55 Å². The van der Waals surface area contributed by atoms with E-state index in [0.29, 0.717) is 0 Å². The van der Waals surface area contributed by atoms with Gasteiger partial charge in [-0.05, 0) is 0 Å². The van der Waals surface area contributed by atoms with Crippen molar-refractivity contribution in [2.75, 3.05) is 0 Å². The molecule has 0 aliphatic carbocycles. The summed E-state index contributed by atoms with van der Waals surface area (Å²) in [6.07, 6.45) is 1.41. The van der Waals surface area contributed by atoms with Gasteiger partial charge in [0.1, 0.15) is 6.20 Å². The van der Waals surface area contributed by atoms with E-state index >= 15 is 0 Å². The second-order valence-corrected chi connectivity index (χ2v) is 1.75. The molecule has 1 aromatic rings. The van der Waals surface area contributed by atoms with Crippen LogP contribution in [0.2, 0.25) is 0 Å². The maximum atomic E-state index is 10.0. The Morgan fingerprint density at radius 2 is 2.29 bits per heavy atom. The summed E-state index contributed by atoms with van der Waals surface area (Å²) in [6.45, 7) is 0. The molecule has 0 spiro atoms. The highest BCUT2D eigenvalue weighted by molar-refractivity contribution is 7.17. The number of rotatable bonds is 0. The molecule has 0 aromatic carbocycles. The first-order valence-electron chi connectivity index (χ1n) is 1.38. The fourth-order valence-electron chi connectivity index (χ4n) is 0.180. The molecule has 1 atom stereocenters. The lowest BCUT2D eigenvalue weighted by molar-refractivity contribution is 0.589. The van der Waals surface area contributed by atoms with Gasteiger partial charge in [0.05, 0.1) is 15.4 Å². The van der Waals surface area contributed by atoms with E-state index in [4.69, 9.17) is 0 Å². The molecule has 1 rings (SSSR count). The summed E-state index contributed by atoms with van der Waals surface area (Å²) in [5.74, 6) is 0. The Labute approximate surface area is 49.7 Å². The van der Waals surface area contributed by atoms with Crippen LogP contribution in [0.3, 0.4) is 0 Å². The van der Waals surface area contributed by atoms with Crippen molar-refractivity contribution in [1.82, 2.24) is 9.59 Å². The molecule has 0 bridgehead atoms. The van der Waals surface area contributed by atoms with Crippen LogP contribution in [0, 0.1) is 0 Å². The summed E-state index contributed by atoms with van der Waals surface area (Å²) in [4.78, 5) is 0. The first kappa shape index (κ1) is 6.81. The summed E-state index contributed by atoms with van der Waals surface area (Å²) in [7, 11) is -1.15. The van der Waals surface area contributed by atoms with Gasteiger partial charge in [-0.15, -0.1) is 17.5 Å². The van der Waals surface area contributed by atoms with Gasteiger partial charge >= 0.3 is 0 Å². The molecule has 0 fully saturated rings. The fourth-order valence-corrected chi connectivity index (χ4v) is 0.541. The standard InChI is InChI=1S/C2H2N2OS.ClH/c5-6-2-1-3-4-6;/h1-2H;1H. The van der Waals surface area contributed by atoms with E-state index in [1.54, 1.807) is 0 Å². The lowest BCUT2D eigenvalue weighted by atomic mass is 11.1. The SMILES string of the molecule is Cl.[O-][s+]1ccnn1. The van der Waals surface area contributed by atoms with E-state index in [2.05, 4.69) is 9.59 Å². The Morgan fingerprint density at radius 3 is 2.43 bits per heavy atom. The van der Waals surface area contributed by atoms with Gasteiger partial charge in [-0.2, -0.15) is 0 Å². The van der Waals surface area contributed by atoms with E-state index in [9.17, 15) is 4.55 Å². The molecule has 7 heavy (non-hydrogen) atoms. The first-order valence-corrected chi connectivity index (χ1v) is 2.55. The summed E-state index contributed by atoms with van der Waals surface area (Å²) >= 11 is 0. The predicted molar refractivity (Wildman–Crippen MR) is 27.9 cm³/mol. The highest BCUT2D eigenvalue weighted by Crippen LogP contribution is 1.97. The molecule has 0 saturated heterocycles. The molecule has 1 unspecified atom stereocenters. The Balaban J connectivity index is 0.000000360. The summed E-state index contributed by atoms with van der Waals surface area (Å²) < 4.78 is 13.2. The monoisotopic (exact) mass is 138 g/mol. The van der Waals surface area contributed by atoms with E-state index in [1.165, 1.54) is 11.6 Å². The quantitative estimate of drug-likeness (QED) is 0.494. The lowest BCUT2D eigenvalue weighted by Crippen LogP contribution is -1.58. The molecule has 0 aliphatic heterocycles. The van der Waals surface area contributed by atoms with E-state index in [0.717, 1.165) is 0 Å². The van der Waals surface area contributed by atoms with Crippen molar-refractivity contribution in [2.45, 2.75) is 0 Å². The second kappa shape index (κ2) is 2.90. The highest BCUT2D eigenvalue weighted by Gasteiger charge is 1.82. The average Bonchev–Trinajstić information content (AvgIpc) is 1.86.